The SMILES string of the molecule is CSCCC(CN)N1CCOc2ccccc2C1. The average molecular weight is 266 g/mol. The first-order chi connectivity index (χ1) is 8.85. The van der Waals surface area contributed by atoms with Crippen molar-refractivity contribution in [1.82, 2.24) is 4.90 Å². The molecule has 0 saturated carbocycles. The Bertz CT molecular complexity index is 373. The predicted molar refractivity (Wildman–Crippen MR) is 78.2 cm³/mol. The predicted octanol–water partition coefficient (Wildman–Crippen LogP) is 1.96. The van der Waals surface area contributed by atoms with Crippen LogP contribution in [0.3, 0.4) is 0 Å². The van der Waals surface area contributed by atoms with Gasteiger partial charge in [0.2, 0.25) is 0 Å². The summed E-state index contributed by atoms with van der Waals surface area (Å²) in [5.74, 6) is 2.20. The Hall–Kier alpha value is -0.710. The number of para-hydroxylation sites is 1. The third-order valence-corrected chi connectivity index (χ3v) is 4.07. The van der Waals surface area contributed by atoms with Crippen molar-refractivity contribution in [2.75, 3.05) is 31.7 Å². The van der Waals surface area contributed by atoms with Gasteiger partial charge >= 0.3 is 0 Å². The quantitative estimate of drug-likeness (QED) is 0.884. The summed E-state index contributed by atoms with van der Waals surface area (Å²) in [5, 5.41) is 0. The summed E-state index contributed by atoms with van der Waals surface area (Å²) >= 11 is 1.89. The lowest BCUT2D eigenvalue weighted by Gasteiger charge is -2.29. The topological polar surface area (TPSA) is 38.5 Å². The van der Waals surface area contributed by atoms with Crippen LogP contribution in [0.2, 0.25) is 0 Å². The Balaban J connectivity index is 2.06. The fourth-order valence-corrected chi connectivity index (χ4v) is 2.87. The molecule has 2 rings (SSSR count). The molecule has 1 aromatic carbocycles. The van der Waals surface area contributed by atoms with Crippen LogP contribution in [-0.2, 0) is 6.54 Å². The number of nitrogens with two attached hydrogens (primary N) is 1. The van der Waals surface area contributed by atoms with Crippen molar-refractivity contribution in [2.45, 2.75) is 19.0 Å². The van der Waals surface area contributed by atoms with Crippen LogP contribution in [-0.4, -0.2) is 42.6 Å². The van der Waals surface area contributed by atoms with Crippen molar-refractivity contribution in [3.8, 4) is 5.75 Å². The molecule has 0 fully saturated rings. The molecule has 0 aromatic heterocycles. The van der Waals surface area contributed by atoms with E-state index >= 15 is 0 Å². The third-order valence-electron chi connectivity index (χ3n) is 3.43. The third kappa shape index (κ3) is 3.40. The van der Waals surface area contributed by atoms with Crippen LogP contribution in [0.25, 0.3) is 0 Å². The minimum atomic E-state index is 0.465. The highest BCUT2D eigenvalue weighted by atomic mass is 32.2. The van der Waals surface area contributed by atoms with Crippen LogP contribution >= 0.6 is 11.8 Å². The fraction of sp³-hybridized carbons (Fsp3) is 0.571. The molecule has 0 aliphatic carbocycles. The molecule has 1 atom stereocenters. The van der Waals surface area contributed by atoms with Gasteiger partial charge in [-0.25, -0.2) is 0 Å². The summed E-state index contributed by atoms with van der Waals surface area (Å²) in [6, 6.07) is 8.77. The van der Waals surface area contributed by atoms with Gasteiger partial charge in [-0.1, -0.05) is 18.2 Å². The van der Waals surface area contributed by atoms with Crippen LogP contribution < -0.4 is 10.5 Å². The summed E-state index contributed by atoms with van der Waals surface area (Å²) in [5.41, 5.74) is 7.20. The van der Waals surface area contributed by atoms with E-state index in [1.165, 1.54) is 11.3 Å². The molecule has 1 unspecified atom stereocenters. The van der Waals surface area contributed by atoms with Crippen LogP contribution in [0.5, 0.6) is 5.75 Å². The number of ether oxygens (including phenoxy) is 1. The van der Waals surface area contributed by atoms with E-state index in [-0.39, 0.29) is 0 Å². The minimum Gasteiger partial charge on any atom is -0.492 e. The summed E-state index contributed by atoms with van der Waals surface area (Å²) < 4.78 is 5.79. The van der Waals surface area contributed by atoms with Gasteiger partial charge < -0.3 is 10.5 Å². The molecule has 0 bridgehead atoms. The standard InChI is InChI=1S/C14H22N2OS/c1-18-9-6-13(10-15)16-7-8-17-14-5-3-2-4-12(14)11-16/h2-5,13H,6-11,15H2,1H3. The van der Waals surface area contributed by atoms with E-state index in [1.807, 2.05) is 17.8 Å². The van der Waals surface area contributed by atoms with Crippen LogP contribution in [0.1, 0.15) is 12.0 Å². The molecule has 0 spiro atoms. The van der Waals surface area contributed by atoms with Crippen LogP contribution in [0.4, 0.5) is 0 Å². The number of hydrogen-bond acceptors (Lipinski definition) is 4. The van der Waals surface area contributed by atoms with Gasteiger partial charge in [0.15, 0.2) is 0 Å². The highest BCUT2D eigenvalue weighted by Crippen LogP contribution is 2.24. The number of thioether (sulfide) groups is 1. The molecule has 100 valence electrons. The lowest BCUT2D eigenvalue weighted by molar-refractivity contribution is 0.169. The second-order valence-electron chi connectivity index (χ2n) is 4.60. The molecule has 1 heterocycles. The molecule has 4 heteroatoms. The first-order valence-electron chi connectivity index (χ1n) is 6.49. The monoisotopic (exact) mass is 266 g/mol. The van der Waals surface area contributed by atoms with Crippen molar-refractivity contribution in [3.63, 3.8) is 0 Å². The first kappa shape index (κ1) is 13.7. The summed E-state index contributed by atoms with van der Waals surface area (Å²) in [6.45, 7) is 3.40. The molecule has 0 amide bonds. The van der Waals surface area contributed by atoms with Gasteiger partial charge in [-0.15, -0.1) is 0 Å². The van der Waals surface area contributed by atoms with E-state index in [4.69, 9.17) is 10.5 Å². The van der Waals surface area contributed by atoms with Gasteiger partial charge in [0.25, 0.3) is 0 Å². The van der Waals surface area contributed by atoms with Crippen molar-refractivity contribution in [3.05, 3.63) is 29.8 Å². The van der Waals surface area contributed by atoms with E-state index in [0.717, 1.165) is 38.4 Å². The molecule has 1 aromatic rings. The zero-order valence-corrected chi connectivity index (χ0v) is 11.8. The highest BCUT2D eigenvalue weighted by molar-refractivity contribution is 7.98. The zero-order chi connectivity index (χ0) is 12.8. The van der Waals surface area contributed by atoms with Gasteiger partial charge in [0.05, 0.1) is 0 Å². The van der Waals surface area contributed by atoms with E-state index < -0.39 is 0 Å². The van der Waals surface area contributed by atoms with Crippen molar-refractivity contribution in [1.29, 1.82) is 0 Å². The molecule has 18 heavy (non-hydrogen) atoms. The Labute approximate surface area is 114 Å². The molecule has 0 radical (unpaired) electrons. The Morgan fingerprint density at radius 3 is 3.06 bits per heavy atom. The lowest BCUT2D eigenvalue weighted by atomic mass is 10.1. The van der Waals surface area contributed by atoms with Gasteiger partial charge in [-0.2, -0.15) is 11.8 Å². The lowest BCUT2D eigenvalue weighted by Crippen LogP contribution is -2.41. The molecule has 3 nitrogen and oxygen atoms in total. The zero-order valence-electron chi connectivity index (χ0n) is 11.0. The summed E-state index contributed by atoms with van der Waals surface area (Å²) in [4.78, 5) is 2.46. The van der Waals surface area contributed by atoms with Crippen molar-refractivity contribution in [2.24, 2.45) is 5.73 Å². The van der Waals surface area contributed by atoms with Gasteiger partial charge in [-0.3, -0.25) is 4.90 Å². The molecular formula is C14H22N2OS. The molecule has 1 aliphatic rings. The summed E-state index contributed by atoms with van der Waals surface area (Å²) in [7, 11) is 0. The maximum atomic E-state index is 5.92. The van der Waals surface area contributed by atoms with E-state index in [1.54, 1.807) is 0 Å². The van der Waals surface area contributed by atoms with Crippen LogP contribution in [0.15, 0.2) is 24.3 Å². The Kier molecular flexibility index (Phi) is 5.35. The number of nitrogens with zero attached hydrogens (tertiary/aromatic N) is 1. The van der Waals surface area contributed by atoms with E-state index in [0.29, 0.717) is 6.04 Å². The van der Waals surface area contributed by atoms with E-state index in [2.05, 4.69) is 29.4 Å². The molecular weight excluding hydrogens is 244 g/mol. The normalized spacial score (nSPS) is 17.7. The van der Waals surface area contributed by atoms with Gasteiger partial charge in [0.1, 0.15) is 12.4 Å². The Morgan fingerprint density at radius 2 is 2.28 bits per heavy atom. The first-order valence-corrected chi connectivity index (χ1v) is 7.88. The van der Waals surface area contributed by atoms with Gasteiger partial charge in [-0.05, 0) is 24.5 Å². The number of fused-ring (bicyclic) bond motifs is 1. The number of hydrogen-bond donors (Lipinski definition) is 1. The maximum Gasteiger partial charge on any atom is 0.123 e. The minimum absolute atomic E-state index is 0.465. The second-order valence-corrected chi connectivity index (χ2v) is 5.58. The highest BCUT2D eigenvalue weighted by Gasteiger charge is 2.21. The van der Waals surface area contributed by atoms with Crippen molar-refractivity contribution < 1.29 is 4.74 Å². The van der Waals surface area contributed by atoms with E-state index in [9.17, 15) is 0 Å². The van der Waals surface area contributed by atoms with Crippen molar-refractivity contribution >= 4 is 11.8 Å². The molecule has 2 N–H and O–H groups in total. The smallest absolute Gasteiger partial charge is 0.123 e. The summed E-state index contributed by atoms with van der Waals surface area (Å²) in [6.07, 6.45) is 3.30. The second kappa shape index (κ2) is 7.02. The van der Waals surface area contributed by atoms with Crippen LogP contribution in [0, 0.1) is 0 Å². The average Bonchev–Trinajstić information content (AvgIpc) is 2.62. The maximum absolute atomic E-state index is 5.92. The fourth-order valence-electron chi connectivity index (χ4n) is 2.36. The van der Waals surface area contributed by atoms with Gasteiger partial charge in [0, 0.05) is 31.2 Å². The molecule has 0 saturated heterocycles. The Morgan fingerprint density at radius 1 is 1.44 bits per heavy atom. The molecule has 1 aliphatic heterocycles. The largest absolute Gasteiger partial charge is 0.492 e. The number of rotatable bonds is 5. The number of benzene rings is 1.